The van der Waals surface area contributed by atoms with Crippen LogP contribution in [0.15, 0.2) is 24.3 Å². The van der Waals surface area contributed by atoms with Crippen LogP contribution in [0.2, 0.25) is 0 Å². The summed E-state index contributed by atoms with van der Waals surface area (Å²) < 4.78 is 5.67. The highest BCUT2D eigenvalue weighted by Crippen LogP contribution is 2.15. The van der Waals surface area contributed by atoms with Gasteiger partial charge < -0.3 is 15.4 Å². The molecule has 1 atom stereocenters. The fourth-order valence-corrected chi connectivity index (χ4v) is 2.65. The number of piperidine rings is 1. The molecule has 0 saturated carbocycles. The molecule has 1 amide bonds. The maximum Gasteiger partial charge on any atom is 0.251 e. The Morgan fingerprint density at radius 1 is 1.45 bits per heavy atom. The van der Waals surface area contributed by atoms with Gasteiger partial charge in [-0.1, -0.05) is 19.9 Å². The number of amides is 1. The van der Waals surface area contributed by atoms with Gasteiger partial charge in [0.1, 0.15) is 5.75 Å². The molecule has 1 fully saturated rings. The van der Waals surface area contributed by atoms with Gasteiger partial charge >= 0.3 is 0 Å². The Hall–Kier alpha value is -1.55. The van der Waals surface area contributed by atoms with E-state index in [2.05, 4.69) is 24.5 Å². The first-order chi connectivity index (χ1) is 10.6. The first-order valence-corrected chi connectivity index (χ1v) is 8.37. The molecule has 1 aliphatic rings. The summed E-state index contributed by atoms with van der Waals surface area (Å²) in [6.07, 6.45) is 3.55. The van der Waals surface area contributed by atoms with Gasteiger partial charge in [0.25, 0.3) is 5.91 Å². The second kappa shape index (κ2) is 8.79. The van der Waals surface area contributed by atoms with Crippen LogP contribution in [0.1, 0.15) is 43.5 Å². The SMILES string of the molecule is CC(C)COc1cccc(C(=O)NCCC2CCCNC2)c1. The molecular weight excluding hydrogens is 276 g/mol. The van der Waals surface area contributed by atoms with Crippen molar-refractivity contribution in [3.05, 3.63) is 29.8 Å². The van der Waals surface area contributed by atoms with Crippen LogP contribution in [0.3, 0.4) is 0 Å². The minimum atomic E-state index is -0.0150. The van der Waals surface area contributed by atoms with Gasteiger partial charge in [-0.2, -0.15) is 0 Å². The standard InChI is InChI=1S/C18H28N2O2/c1-14(2)13-22-17-7-3-6-16(11-17)18(21)20-10-8-15-5-4-9-19-12-15/h3,6-7,11,14-15,19H,4-5,8-10,12-13H2,1-2H3,(H,20,21). The summed E-state index contributed by atoms with van der Waals surface area (Å²) in [6.45, 7) is 7.83. The predicted molar refractivity (Wildman–Crippen MR) is 89.3 cm³/mol. The normalized spacial score (nSPS) is 18.2. The van der Waals surface area contributed by atoms with Gasteiger partial charge in [0.05, 0.1) is 6.61 Å². The first-order valence-electron chi connectivity index (χ1n) is 8.37. The van der Waals surface area contributed by atoms with Crippen molar-refractivity contribution in [3.8, 4) is 5.75 Å². The van der Waals surface area contributed by atoms with Crippen LogP contribution in [0.5, 0.6) is 5.75 Å². The fraction of sp³-hybridized carbons (Fsp3) is 0.611. The first kappa shape index (κ1) is 16.8. The second-order valence-electron chi connectivity index (χ2n) is 6.49. The molecule has 0 bridgehead atoms. The van der Waals surface area contributed by atoms with Crippen LogP contribution in [0.25, 0.3) is 0 Å². The van der Waals surface area contributed by atoms with Gasteiger partial charge in [-0.15, -0.1) is 0 Å². The molecule has 1 aliphatic heterocycles. The zero-order valence-electron chi connectivity index (χ0n) is 13.7. The van der Waals surface area contributed by atoms with Crippen molar-refractivity contribution < 1.29 is 9.53 Å². The van der Waals surface area contributed by atoms with Crippen LogP contribution < -0.4 is 15.4 Å². The van der Waals surface area contributed by atoms with E-state index >= 15 is 0 Å². The largest absolute Gasteiger partial charge is 0.493 e. The number of benzene rings is 1. The van der Waals surface area contributed by atoms with Crippen molar-refractivity contribution in [2.45, 2.75) is 33.1 Å². The molecule has 2 N–H and O–H groups in total. The van der Waals surface area contributed by atoms with Gasteiger partial charge in [-0.05, 0) is 62.4 Å². The maximum atomic E-state index is 12.2. The van der Waals surface area contributed by atoms with E-state index < -0.39 is 0 Å². The maximum absolute atomic E-state index is 12.2. The van der Waals surface area contributed by atoms with Gasteiger partial charge in [-0.3, -0.25) is 4.79 Å². The van der Waals surface area contributed by atoms with E-state index in [1.807, 2.05) is 24.3 Å². The Labute approximate surface area is 133 Å². The van der Waals surface area contributed by atoms with Crippen LogP contribution in [0.4, 0.5) is 0 Å². The molecule has 2 rings (SSSR count). The Balaban J connectivity index is 1.77. The molecule has 1 aromatic rings. The zero-order chi connectivity index (χ0) is 15.8. The van der Waals surface area contributed by atoms with Crippen LogP contribution in [-0.2, 0) is 0 Å². The molecule has 1 heterocycles. The van der Waals surface area contributed by atoms with Gasteiger partial charge in [-0.25, -0.2) is 0 Å². The average Bonchev–Trinajstić information content (AvgIpc) is 2.54. The second-order valence-corrected chi connectivity index (χ2v) is 6.49. The number of rotatable bonds is 7. The summed E-state index contributed by atoms with van der Waals surface area (Å²) in [4.78, 5) is 12.2. The molecule has 1 unspecified atom stereocenters. The number of carbonyl (C=O) groups excluding carboxylic acids is 1. The van der Waals surface area contributed by atoms with E-state index in [9.17, 15) is 4.79 Å². The van der Waals surface area contributed by atoms with Crippen molar-refractivity contribution in [1.82, 2.24) is 10.6 Å². The summed E-state index contributed by atoms with van der Waals surface area (Å²) in [5.74, 6) is 1.91. The Morgan fingerprint density at radius 2 is 2.32 bits per heavy atom. The molecule has 1 saturated heterocycles. The predicted octanol–water partition coefficient (Wildman–Crippen LogP) is 2.84. The van der Waals surface area contributed by atoms with E-state index in [0.717, 1.165) is 31.8 Å². The topological polar surface area (TPSA) is 50.4 Å². The number of carbonyl (C=O) groups is 1. The number of hydrogen-bond acceptors (Lipinski definition) is 3. The Morgan fingerprint density at radius 3 is 3.05 bits per heavy atom. The van der Waals surface area contributed by atoms with E-state index in [0.29, 0.717) is 24.0 Å². The third kappa shape index (κ3) is 5.68. The lowest BCUT2D eigenvalue weighted by Gasteiger charge is -2.22. The van der Waals surface area contributed by atoms with Crippen LogP contribution in [0, 0.1) is 11.8 Å². The van der Waals surface area contributed by atoms with Crippen molar-refractivity contribution in [3.63, 3.8) is 0 Å². The third-order valence-electron chi connectivity index (χ3n) is 3.92. The minimum absolute atomic E-state index is 0.0150. The van der Waals surface area contributed by atoms with Crippen molar-refractivity contribution in [1.29, 1.82) is 0 Å². The smallest absolute Gasteiger partial charge is 0.251 e. The average molecular weight is 304 g/mol. The summed E-state index contributed by atoms with van der Waals surface area (Å²) in [5.41, 5.74) is 0.669. The van der Waals surface area contributed by atoms with Crippen molar-refractivity contribution in [2.75, 3.05) is 26.2 Å². The van der Waals surface area contributed by atoms with Gasteiger partial charge in [0.15, 0.2) is 0 Å². The fourth-order valence-electron chi connectivity index (χ4n) is 2.65. The van der Waals surface area contributed by atoms with E-state index in [-0.39, 0.29) is 5.91 Å². The van der Waals surface area contributed by atoms with Crippen molar-refractivity contribution >= 4 is 5.91 Å². The minimum Gasteiger partial charge on any atom is -0.493 e. The highest BCUT2D eigenvalue weighted by molar-refractivity contribution is 5.94. The molecule has 4 nitrogen and oxygen atoms in total. The highest BCUT2D eigenvalue weighted by atomic mass is 16.5. The molecular formula is C18H28N2O2. The summed E-state index contributed by atoms with van der Waals surface area (Å²) in [5, 5.41) is 6.42. The molecule has 1 aromatic carbocycles. The van der Waals surface area contributed by atoms with Crippen LogP contribution in [-0.4, -0.2) is 32.1 Å². The molecule has 0 aliphatic carbocycles. The lowest BCUT2D eigenvalue weighted by atomic mass is 9.96. The quantitative estimate of drug-likeness (QED) is 0.814. The lowest BCUT2D eigenvalue weighted by Crippen LogP contribution is -2.33. The number of hydrogen-bond donors (Lipinski definition) is 2. The van der Waals surface area contributed by atoms with E-state index in [1.165, 1.54) is 12.8 Å². The van der Waals surface area contributed by atoms with Crippen molar-refractivity contribution in [2.24, 2.45) is 11.8 Å². The summed E-state index contributed by atoms with van der Waals surface area (Å²) in [6, 6.07) is 7.42. The highest BCUT2D eigenvalue weighted by Gasteiger charge is 2.13. The number of ether oxygens (including phenoxy) is 1. The molecule has 122 valence electrons. The summed E-state index contributed by atoms with van der Waals surface area (Å²) >= 11 is 0. The number of nitrogens with one attached hydrogen (secondary N) is 2. The molecule has 0 radical (unpaired) electrons. The Bertz CT molecular complexity index is 468. The Kier molecular flexibility index (Phi) is 6.72. The molecule has 0 spiro atoms. The van der Waals surface area contributed by atoms with E-state index in [1.54, 1.807) is 0 Å². The lowest BCUT2D eigenvalue weighted by molar-refractivity contribution is 0.0950. The molecule has 22 heavy (non-hydrogen) atoms. The third-order valence-corrected chi connectivity index (χ3v) is 3.92. The monoisotopic (exact) mass is 304 g/mol. The van der Waals surface area contributed by atoms with Gasteiger partial charge in [0.2, 0.25) is 0 Å². The van der Waals surface area contributed by atoms with Gasteiger partial charge in [0, 0.05) is 12.1 Å². The molecule has 0 aromatic heterocycles. The zero-order valence-corrected chi connectivity index (χ0v) is 13.7. The molecule has 4 heteroatoms. The van der Waals surface area contributed by atoms with Crippen LogP contribution >= 0.6 is 0 Å². The summed E-state index contributed by atoms with van der Waals surface area (Å²) in [7, 11) is 0. The van der Waals surface area contributed by atoms with E-state index in [4.69, 9.17) is 4.74 Å².